The van der Waals surface area contributed by atoms with E-state index < -0.39 is 5.97 Å². The van der Waals surface area contributed by atoms with Crippen LogP contribution in [0.5, 0.6) is 0 Å². The molecule has 2 atom stereocenters. The molecule has 2 heterocycles. The van der Waals surface area contributed by atoms with Crippen LogP contribution in [-0.4, -0.2) is 51.4 Å². The Morgan fingerprint density at radius 1 is 1.06 bits per heavy atom. The Morgan fingerprint density at radius 2 is 1.79 bits per heavy atom. The molecule has 0 radical (unpaired) electrons. The van der Waals surface area contributed by atoms with Gasteiger partial charge < -0.3 is 10.4 Å². The quantitative estimate of drug-likeness (QED) is 0.546. The predicted octanol–water partition coefficient (Wildman–Crippen LogP) is 4.14. The lowest BCUT2D eigenvalue weighted by Gasteiger charge is -2.32. The molecule has 5 rings (SSSR count). The summed E-state index contributed by atoms with van der Waals surface area (Å²) in [5, 5.41) is 17.1. The first-order valence-electron chi connectivity index (χ1n) is 11.9. The van der Waals surface area contributed by atoms with Gasteiger partial charge in [0.2, 0.25) is 0 Å². The highest BCUT2D eigenvalue weighted by molar-refractivity contribution is 5.87. The highest BCUT2D eigenvalue weighted by atomic mass is 16.4. The van der Waals surface area contributed by atoms with Gasteiger partial charge in [0.1, 0.15) is 0 Å². The van der Waals surface area contributed by atoms with Crippen molar-refractivity contribution < 1.29 is 9.90 Å². The summed E-state index contributed by atoms with van der Waals surface area (Å²) in [4.78, 5) is 13.5. The number of carbonyl (C=O) groups is 1. The molecule has 2 aliphatic rings. The van der Waals surface area contributed by atoms with Crippen LogP contribution < -0.4 is 5.32 Å². The van der Waals surface area contributed by atoms with Crippen molar-refractivity contribution in [1.82, 2.24) is 20.0 Å². The van der Waals surface area contributed by atoms with E-state index in [9.17, 15) is 4.79 Å². The summed E-state index contributed by atoms with van der Waals surface area (Å²) in [6.07, 6.45) is 7.64. The summed E-state index contributed by atoms with van der Waals surface area (Å²) in [6, 6.07) is 16.9. The monoisotopic (exact) mass is 444 g/mol. The number of hydrogen-bond donors (Lipinski definition) is 2. The normalized spacial score (nSPS) is 21.2. The van der Waals surface area contributed by atoms with Crippen molar-refractivity contribution in [3.8, 4) is 11.1 Å². The number of piperidine rings is 1. The third-order valence-corrected chi connectivity index (χ3v) is 7.15. The van der Waals surface area contributed by atoms with Crippen LogP contribution in [0, 0.1) is 5.92 Å². The van der Waals surface area contributed by atoms with Crippen molar-refractivity contribution >= 4 is 5.97 Å². The number of benzene rings is 2. The Hall–Kier alpha value is -2.96. The summed E-state index contributed by atoms with van der Waals surface area (Å²) >= 11 is 0. The standard InChI is InChI=1S/C27H32N4O2/c1-30-18-24(16-29-30)21-6-8-22(9-7-21)25-14-26(25)28-15-19-10-12-31(13-11-19)17-20-2-4-23(5-3-20)27(32)33/h2-9,16,18-19,25-26,28H,10-15,17H2,1H3,(H,32,33)/t25-,26?/m1/s1. The minimum absolute atomic E-state index is 0.353. The fourth-order valence-electron chi connectivity index (χ4n) is 4.96. The van der Waals surface area contributed by atoms with Gasteiger partial charge in [0.05, 0.1) is 11.8 Å². The van der Waals surface area contributed by atoms with E-state index in [1.807, 2.05) is 30.1 Å². The highest BCUT2D eigenvalue weighted by Gasteiger charge is 2.38. The fraction of sp³-hybridized carbons (Fsp3) is 0.407. The lowest BCUT2D eigenvalue weighted by atomic mass is 9.96. The maximum absolute atomic E-state index is 11.0. The molecule has 3 aromatic rings. The molecule has 172 valence electrons. The number of likely N-dealkylation sites (tertiary alicyclic amines) is 1. The fourth-order valence-corrected chi connectivity index (χ4v) is 4.96. The van der Waals surface area contributed by atoms with Crippen LogP contribution in [0.4, 0.5) is 0 Å². The molecule has 6 heteroatoms. The number of nitrogens with one attached hydrogen (secondary N) is 1. The second-order valence-corrected chi connectivity index (χ2v) is 9.60. The Balaban J connectivity index is 1.03. The Labute approximate surface area is 195 Å². The summed E-state index contributed by atoms with van der Waals surface area (Å²) in [5.74, 6) is 0.515. The van der Waals surface area contributed by atoms with Gasteiger partial charge in [-0.1, -0.05) is 36.4 Å². The third kappa shape index (κ3) is 5.34. The van der Waals surface area contributed by atoms with Gasteiger partial charge in [-0.2, -0.15) is 5.10 Å². The molecule has 0 spiro atoms. The lowest BCUT2D eigenvalue weighted by molar-refractivity contribution is 0.0697. The number of aromatic carboxylic acids is 1. The minimum Gasteiger partial charge on any atom is -0.478 e. The zero-order chi connectivity index (χ0) is 22.8. The maximum Gasteiger partial charge on any atom is 0.335 e. The van der Waals surface area contributed by atoms with Gasteiger partial charge in [-0.05, 0) is 73.6 Å². The number of aryl methyl sites for hydroxylation is 1. The van der Waals surface area contributed by atoms with Crippen LogP contribution in [0.15, 0.2) is 60.9 Å². The summed E-state index contributed by atoms with van der Waals surface area (Å²) in [6.45, 7) is 4.23. The Kier molecular flexibility index (Phi) is 6.29. The summed E-state index contributed by atoms with van der Waals surface area (Å²) in [5.41, 5.74) is 5.36. The van der Waals surface area contributed by atoms with Gasteiger partial charge in [-0.3, -0.25) is 9.58 Å². The largest absolute Gasteiger partial charge is 0.478 e. The molecule has 1 saturated carbocycles. The second-order valence-electron chi connectivity index (χ2n) is 9.60. The average Bonchev–Trinajstić information content (AvgIpc) is 3.49. The zero-order valence-electron chi connectivity index (χ0n) is 19.2. The van der Waals surface area contributed by atoms with E-state index >= 15 is 0 Å². The lowest BCUT2D eigenvalue weighted by Crippen LogP contribution is -2.37. The molecule has 2 aromatic carbocycles. The number of hydrogen-bond acceptors (Lipinski definition) is 4. The number of carboxylic acids is 1. The van der Waals surface area contributed by atoms with Gasteiger partial charge in [-0.15, -0.1) is 0 Å². The molecule has 1 saturated heterocycles. The van der Waals surface area contributed by atoms with E-state index in [0.717, 1.165) is 37.7 Å². The first-order chi connectivity index (χ1) is 16.0. The van der Waals surface area contributed by atoms with Gasteiger partial charge in [0.15, 0.2) is 0 Å². The van der Waals surface area contributed by atoms with Gasteiger partial charge in [-0.25, -0.2) is 4.79 Å². The van der Waals surface area contributed by atoms with Crippen LogP contribution >= 0.6 is 0 Å². The first-order valence-corrected chi connectivity index (χ1v) is 11.9. The molecule has 6 nitrogen and oxygen atoms in total. The Bertz CT molecular complexity index is 1080. The summed E-state index contributed by atoms with van der Waals surface area (Å²) in [7, 11) is 1.95. The number of carboxylic acid groups (broad SMARTS) is 1. The minimum atomic E-state index is -0.866. The van der Waals surface area contributed by atoms with Crippen molar-refractivity contribution in [3.63, 3.8) is 0 Å². The van der Waals surface area contributed by atoms with Crippen LogP contribution in [0.2, 0.25) is 0 Å². The zero-order valence-corrected chi connectivity index (χ0v) is 19.2. The first kappa shape index (κ1) is 21.9. The van der Waals surface area contributed by atoms with Crippen LogP contribution in [0.3, 0.4) is 0 Å². The Morgan fingerprint density at radius 3 is 2.42 bits per heavy atom. The molecule has 2 N–H and O–H groups in total. The molecule has 33 heavy (non-hydrogen) atoms. The topological polar surface area (TPSA) is 70.4 Å². The average molecular weight is 445 g/mol. The van der Waals surface area contributed by atoms with Crippen LogP contribution in [0.25, 0.3) is 11.1 Å². The third-order valence-electron chi connectivity index (χ3n) is 7.15. The summed E-state index contributed by atoms with van der Waals surface area (Å²) < 4.78 is 1.84. The van der Waals surface area contributed by atoms with E-state index in [1.165, 1.54) is 36.0 Å². The molecule has 0 amide bonds. The van der Waals surface area contributed by atoms with Gasteiger partial charge in [0.25, 0.3) is 0 Å². The molecule has 2 fully saturated rings. The van der Waals surface area contributed by atoms with Crippen LogP contribution in [-0.2, 0) is 13.6 Å². The highest BCUT2D eigenvalue weighted by Crippen LogP contribution is 2.41. The maximum atomic E-state index is 11.0. The van der Waals surface area contributed by atoms with Crippen molar-refractivity contribution in [2.24, 2.45) is 13.0 Å². The molecular weight excluding hydrogens is 412 g/mol. The molecule has 1 aromatic heterocycles. The molecule has 1 aliphatic heterocycles. The van der Waals surface area contributed by atoms with E-state index in [2.05, 4.69) is 45.8 Å². The van der Waals surface area contributed by atoms with E-state index in [0.29, 0.717) is 17.5 Å². The molecule has 1 unspecified atom stereocenters. The van der Waals surface area contributed by atoms with Crippen molar-refractivity contribution in [1.29, 1.82) is 0 Å². The number of aromatic nitrogens is 2. The molecule has 0 bridgehead atoms. The second kappa shape index (κ2) is 9.49. The van der Waals surface area contributed by atoms with E-state index in [-0.39, 0.29) is 0 Å². The van der Waals surface area contributed by atoms with E-state index in [1.54, 1.807) is 12.1 Å². The SMILES string of the molecule is Cn1cc(-c2ccc([C@H]3CC3NCC3CCN(Cc4ccc(C(=O)O)cc4)CC3)cc2)cn1. The number of nitrogens with zero attached hydrogens (tertiary/aromatic N) is 3. The van der Waals surface area contributed by atoms with E-state index in [4.69, 9.17) is 5.11 Å². The van der Waals surface area contributed by atoms with Crippen LogP contribution in [0.1, 0.15) is 46.7 Å². The van der Waals surface area contributed by atoms with Crippen molar-refractivity contribution in [2.45, 2.75) is 37.8 Å². The smallest absolute Gasteiger partial charge is 0.335 e. The van der Waals surface area contributed by atoms with Gasteiger partial charge in [0, 0.05) is 37.3 Å². The van der Waals surface area contributed by atoms with Crippen molar-refractivity contribution in [3.05, 3.63) is 77.6 Å². The molecule has 1 aliphatic carbocycles. The predicted molar refractivity (Wildman–Crippen MR) is 129 cm³/mol. The van der Waals surface area contributed by atoms with Crippen molar-refractivity contribution in [2.75, 3.05) is 19.6 Å². The number of rotatable bonds is 8. The van der Waals surface area contributed by atoms with Gasteiger partial charge >= 0.3 is 5.97 Å². The molecular formula is C27H32N4O2.